The molecule has 0 radical (unpaired) electrons. The van der Waals surface area contributed by atoms with Crippen LogP contribution in [0.4, 0.5) is 5.82 Å². The van der Waals surface area contributed by atoms with Crippen LogP contribution in [0.2, 0.25) is 0 Å². The molecular formula is C21H25N7OS. The number of likely N-dealkylation sites (N-methyl/N-ethyl adjacent to an activating group) is 1. The number of hydrogen-bond acceptors (Lipinski definition) is 7. The number of nitrogens with one attached hydrogen (secondary N) is 3. The smallest absolute Gasteiger partial charge is 0.259 e. The molecule has 1 amide bonds. The highest BCUT2D eigenvalue weighted by atomic mass is 32.2. The van der Waals surface area contributed by atoms with E-state index in [0.717, 1.165) is 35.6 Å². The summed E-state index contributed by atoms with van der Waals surface area (Å²) in [6, 6.07) is 10.1. The minimum atomic E-state index is -0.121. The topological polar surface area (TPSA) is 98.8 Å². The number of aromatic amines is 1. The minimum absolute atomic E-state index is 0.0813. The van der Waals surface area contributed by atoms with Gasteiger partial charge in [0.1, 0.15) is 11.8 Å². The van der Waals surface area contributed by atoms with Gasteiger partial charge in [-0.1, -0.05) is 37.3 Å². The van der Waals surface area contributed by atoms with Crippen LogP contribution in [0.1, 0.15) is 24.9 Å². The molecule has 9 heteroatoms. The van der Waals surface area contributed by atoms with E-state index in [1.165, 1.54) is 6.33 Å². The molecule has 1 aliphatic rings. The van der Waals surface area contributed by atoms with E-state index in [0.29, 0.717) is 10.6 Å². The molecule has 0 fully saturated rings. The first kappa shape index (κ1) is 20.4. The van der Waals surface area contributed by atoms with Crippen LogP contribution in [-0.2, 0) is 4.79 Å². The Hall–Kier alpha value is -2.91. The molecule has 1 aromatic carbocycles. The standard InChI is InChI=1S/C21H25N7OS/c1-3-15(22-2)17(14-7-5-4-6-8-14)27-21(29)16-11-28(9-10-30-16)20-18-19(24-12-23-18)25-13-26-20/h4-8,11-13,15,17,22H,3,9-10H2,1-2H3,(H,27,29)(H,23,24,25,26)/t15-,17?/m0/s1. The van der Waals surface area contributed by atoms with Gasteiger partial charge in [-0.3, -0.25) is 4.79 Å². The summed E-state index contributed by atoms with van der Waals surface area (Å²) >= 11 is 1.56. The Morgan fingerprint density at radius 1 is 1.27 bits per heavy atom. The van der Waals surface area contributed by atoms with Crippen LogP contribution in [0.15, 0.2) is 54.1 Å². The predicted octanol–water partition coefficient (Wildman–Crippen LogP) is 2.60. The number of aromatic nitrogens is 4. The quantitative estimate of drug-likeness (QED) is 0.537. The minimum Gasteiger partial charge on any atom is -0.343 e. The Labute approximate surface area is 179 Å². The summed E-state index contributed by atoms with van der Waals surface area (Å²) < 4.78 is 0. The number of carbonyl (C=O) groups is 1. The van der Waals surface area contributed by atoms with Crippen molar-refractivity contribution in [1.82, 2.24) is 30.6 Å². The first-order valence-corrected chi connectivity index (χ1v) is 11.0. The van der Waals surface area contributed by atoms with E-state index < -0.39 is 0 Å². The van der Waals surface area contributed by atoms with E-state index in [1.54, 1.807) is 18.1 Å². The van der Waals surface area contributed by atoms with E-state index in [-0.39, 0.29) is 18.0 Å². The summed E-state index contributed by atoms with van der Waals surface area (Å²) in [5, 5.41) is 6.57. The number of H-pyrrole nitrogens is 1. The van der Waals surface area contributed by atoms with Crippen molar-refractivity contribution < 1.29 is 4.79 Å². The zero-order valence-electron chi connectivity index (χ0n) is 17.0. The normalized spacial score (nSPS) is 16.2. The highest BCUT2D eigenvalue weighted by Crippen LogP contribution is 2.29. The molecular weight excluding hydrogens is 398 g/mol. The Morgan fingerprint density at radius 2 is 2.10 bits per heavy atom. The first-order valence-electron chi connectivity index (χ1n) is 9.99. The van der Waals surface area contributed by atoms with Gasteiger partial charge in [-0.05, 0) is 19.0 Å². The van der Waals surface area contributed by atoms with Crippen LogP contribution in [0.3, 0.4) is 0 Å². The third-order valence-corrected chi connectivity index (χ3v) is 6.21. The van der Waals surface area contributed by atoms with E-state index >= 15 is 0 Å². The summed E-state index contributed by atoms with van der Waals surface area (Å²) in [5.41, 5.74) is 2.46. The molecule has 3 N–H and O–H groups in total. The molecule has 3 heterocycles. The molecule has 2 atom stereocenters. The lowest BCUT2D eigenvalue weighted by Crippen LogP contribution is -2.43. The summed E-state index contributed by atoms with van der Waals surface area (Å²) in [5.74, 6) is 1.43. The Morgan fingerprint density at radius 3 is 2.87 bits per heavy atom. The van der Waals surface area contributed by atoms with Crippen molar-refractivity contribution in [1.29, 1.82) is 0 Å². The largest absolute Gasteiger partial charge is 0.343 e. The highest BCUT2D eigenvalue weighted by molar-refractivity contribution is 8.04. The van der Waals surface area contributed by atoms with Crippen molar-refractivity contribution in [3.05, 3.63) is 59.7 Å². The van der Waals surface area contributed by atoms with Crippen LogP contribution in [-0.4, -0.2) is 51.2 Å². The Kier molecular flexibility index (Phi) is 6.29. The van der Waals surface area contributed by atoms with E-state index in [1.807, 2.05) is 36.3 Å². The number of fused-ring (bicyclic) bond motifs is 1. The van der Waals surface area contributed by atoms with Crippen LogP contribution in [0.5, 0.6) is 0 Å². The van der Waals surface area contributed by atoms with Gasteiger partial charge >= 0.3 is 0 Å². The van der Waals surface area contributed by atoms with Crippen LogP contribution in [0.25, 0.3) is 11.2 Å². The lowest BCUT2D eigenvalue weighted by atomic mass is 9.97. The highest BCUT2D eigenvalue weighted by Gasteiger charge is 2.26. The molecule has 1 unspecified atom stereocenters. The molecule has 2 aromatic heterocycles. The lowest BCUT2D eigenvalue weighted by molar-refractivity contribution is -0.117. The van der Waals surface area contributed by atoms with Crippen molar-refractivity contribution in [3.8, 4) is 0 Å². The fourth-order valence-corrected chi connectivity index (χ4v) is 4.55. The maximum atomic E-state index is 13.2. The van der Waals surface area contributed by atoms with Crippen molar-refractivity contribution >= 4 is 34.7 Å². The second-order valence-corrected chi connectivity index (χ2v) is 8.14. The van der Waals surface area contributed by atoms with Crippen molar-refractivity contribution in [2.24, 2.45) is 0 Å². The maximum absolute atomic E-state index is 13.2. The van der Waals surface area contributed by atoms with Gasteiger partial charge in [0.05, 0.1) is 17.3 Å². The van der Waals surface area contributed by atoms with Gasteiger partial charge in [-0.2, -0.15) is 0 Å². The number of anilines is 1. The fraction of sp³-hybridized carbons (Fsp3) is 0.333. The number of benzene rings is 1. The summed E-state index contributed by atoms with van der Waals surface area (Å²) in [4.78, 5) is 31.7. The van der Waals surface area contributed by atoms with Crippen LogP contribution in [0, 0.1) is 0 Å². The van der Waals surface area contributed by atoms with Gasteiger partial charge < -0.3 is 20.5 Å². The number of thioether (sulfide) groups is 1. The second kappa shape index (κ2) is 9.27. The van der Waals surface area contributed by atoms with Crippen LogP contribution >= 0.6 is 11.8 Å². The molecule has 30 heavy (non-hydrogen) atoms. The SMILES string of the molecule is CC[C@H](NC)C(NC(=O)C1=CN(c2ncnc3nc[nH]c23)CCS1)c1ccccc1. The molecule has 0 saturated heterocycles. The molecule has 1 aliphatic heterocycles. The third-order valence-electron chi connectivity index (χ3n) is 5.22. The van der Waals surface area contributed by atoms with Gasteiger partial charge in [0.15, 0.2) is 11.5 Å². The lowest BCUT2D eigenvalue weighted by Gasteiger charge is -2.29. The molecule has 156 valence electrons. The number of hydrogen-bond donors (Lipinski definition) is 3. The third kappa shape index (κ3) is 4.17. The van der Waals surface area contributed by atoms with Crippen molar-refractivity contribution in [2.45, 2.75) is 25.4 Å². The Bertz CT molecular complexity index is 1030. The summed E-state index contributed by atoms with van der Waals surface area (Å²) in [7, 11) is 1.93. The molecule has 0 bridgehead atoms. The Balaban J connectivity index is 1.59. The number of nitrogens with zero attached hydrogens (tertiary/aromatic N) is 4. The maximum Gasteiger partial charge on any atom is 0.259 e. The van der Waals surface area contributed by atoms with E-state index in [9.17, 15) is 4.79 Å². The first-order chi connectivity index (χ1) is 14.7. The van der Waals surface area contributed by atoms with Gasteiger partial charge in [0.25, 0.3) is 5.91 Å². The average molecular weight is 424 g/mol. The van der Waals surface area contributed by atoms with Crippen molar-refractivity contribution in [2.75, 3.05) is 24.2 Å². The fourth-order valence-electron chi connectivity index (χ4n) is 3.65. The number of rotatable bonds is 7. The molecule has 8 nitrogen and oxygen atoms in total. The number of imidazole rings is 1. The second-order valence-electron chi connectivity index (χ2n) is 7.00. The molecule has 0 aliphatic carbocycles. The monoisotopic (exact) mass is 423 g/mol. The van der Waals surface area contributed by atoms with Gasteiger partial charge in [-0.25, -0.2) is 15.0 Å². The van der Waals surface area contributed by atoms with Crippen molar-refractivity contribution in [3.63, 3.8) is 0 Å². The number of amides is 1. The molecule has 3 aromatic rings. The summed E-state index contributed by atoms with van der Waals surface area (Å²) in [6.45, 7) is 2.87. The molecule has 0 spiro atoms. The predicted molar refractivity (Wildman–Crippen MR) is 120 cm³/mol. The molecule has 0 saturated carbocycles. The van der Waals surface area contributed by atoms with E-state index in [2.05, 4.69) is 49.6 Å². The molecule has 4 rings (SSSR count). The van der Waals surface area contributed by atoms with Gasteiger partial charge in [0.2, 0.25) is 0 Å². The summed E-state index contributed by atoms with van der Waals surface area (Å²) in [6.07, 6.45) is 5.87. The van der Waals surface area contributed by atoms with Crippen LogP contribution < -0.4 is 15.5 Å². The van der Waals surface area contributed by atoms with Gasteiger partial charge in [-0.15, -0.1) is 11.8 Å². The van der Waals surface area contributed by atoms with Gasteiger partial charge in [0, 0.05) is 24.5 Å². The zero-order valence-corrected chi connectivity index (χ0v) is 17.8. The average Bonchev–Trinajstić information content (AvgIpc) is 3.29. The zero-order chi connectivity index (χ0) is 20.9. The number of carbonyl (C=O) groups excluding carboxylic acids is 1. The van der Waals surface area contributed by atoms with E-state index in [4.69, 9.17) is 0 Å².